The van der Waals surface area contributed by atoms with E-state index in [4.69, 9.17) is 11.5 Å². The van der Waals surface area contributed by atoms with Crippen LogP contribution < -0.4 is 16.8 Å². The van der Waals surface area contributed by atoms with Crippen molar-refractivity contribution >= 4 is 28.3 Å². The third-order valence-electron chi connectivity index (χ3n) is 9.95. The van der Waals surface area contributed by atoms with E-state index < -0.39 is 0 Å². The molecule has 0 bridgehead atoms. The zero-order chi connectivity index (χ0) is 35.7. The molecule has 2 aliphatic rings. The van der Waals surface area contributed by atoms with E-state index in [1.54, 1.807) is 5.57 Å². The Morgan fingerprint density at radius 2 is 1.66 bits per heavy atom. The van der Waals surface area contributed by atoms with Crippen molar-refractivity contribution in [3.8, 4) is 0 Å². The van der Waals surface area contributed by atoms with E-state index in [0.29, 0.717) is 24.9 Å². The number of fused-ring (bicyclic) bond motifs is 1. The van der Waals surface area contributed by atoms with Gasteiger partial charge in [-0.3, -0.25) is 9.59 Å². The monoisotopic (exact) mass is 676 g/mol. The van der Waals surface area contributed by atoms with Gasteiger partial charge in [0.25, 0.3) is 0 Å². The average molecular weight is 677 g/mol. The molecule has 0 aromatic heterocycles. The smallest absolute Gasteiger partial charge is 0.250 e. The molecule has 268 valence electrons. The Bertz CT molecular complexity index is 1600. The predicted molar refractivity (Wildman–Crippen MR) is 210 cm³/mol. The number of hydrogen-bond acceptors (Lipinski definition) is 4. The van der Waals surface area contributed by atoms with Gasteiger partial charge < -0.3 is 21.7 Å². The van der Waals surface area contributed by atoms with Crippen LogP contribution in [0.15, 0.2) is 102 Å². The Hall–Kier alpha value is -4.16. The number of allylic oxidation sites excluding steroid dienone is 5. The molecule has 50 heavy (non-hydrogen) atoms. The van der Waals surface area contributed by atoms with Crippen molar-refractivity contribution in [1.29, 1.82) is 0 Å². The molecule has 1 atom stereocenters. The van der Waals surface area contributed by atoms with Crippen LogP contribution in [0, 0.1) is 5.92 Å². The summed E-state index contributed by atoms with van der Waals surface area (Å²) in [6.45, 7) is 7.82. The van der Waals surface area contributed by atoms with E-state index in [1.165, 1.54) is 56.2 Å². The molecule has 1 unspecified atom stereocenters. The van der Waals surface area contributed by atoms with E-state index in [9.17, 15) is 9.59 Å². The Morgan fingerprint density at radius 1 is 0.940 bits per heavy atom. The van der Waals surface area contributed by atoms with Gasteiger partial charge in [0.05, 0.1) is 6.42 Å². The minimum Gasteiger partial charge on any atom is -0.369 e. The number of nitrogens with one attached hydrogen (secondary N) is 1. The highest BCUT2D eigenvalue weighted by atomic mass is 16.2. The van der Waals surface area contributed by atoms with Crippen molar-refractivity contribution in [2.45, 2.75) is 117 Å². The lowest BCUT2D eigenvalue weighted by atomic mass is 9.93. The van der Waals surface area contributed by atoms with Gasteiger partial charge in [-0.1, -0.05) is 124 Å². The summed E-state index contributed by atoms with van der Waals surface area (Å²) in [5.41, 5.74) is 18.0. The van der Waals surface area contributed by atoms with E-state index in [2.05, 4.69) is 60.5 Å². The second kappa shape index (κ2) is 20.5. The standard InChI is InChI=1S/C32H49N3O.C12H11NO/c1-4-25(2)12-11-13-26(3)32(36)35(30-14-7-5-8-15-30)24-27-17-21-29(22-18-27)34-31(28-19-20-28)16-9-6-10-23-33;13-12(14)8-10-6-3-5-9-4-1-2-7-11(9)10/h11-13,17-18,21-22,25,30,34H,4-10,14-16,19-20,23-24,33H2,1-3H3;1-7H,8H2,(H2,13,14)/b12-11-,26-13+;. The molecule has 0 heterocycles. The number of anilines is 1. The second-order valence-electron chi connectivity index (χ2n) is 14.1. The van der Waals surface area contributed by atoms with Crippen LogP contribution in [0.5, 0.6) is 0 Å². The van der Waals surface area contributed by atoms with Crippen LogP contribution in [0.1, 0.15) is 109 Å². The fraction of sp³-hybridized carbons (Fsp3) is 0.455. The highest BCUT2D eigenvalue weighted by molar-refractivity contribution is 5.93. The Kier molecular flexibility index (Phi) is 15.8. The first-order chi connectivity index (χ1) is 24.3. The number of unbranched alkanes of at least 4 members (excludes halogenated alkanes) is 2. The third kappa shape index (κ3) is 12.6. The Morgan fingerprint density at radius 3 is 2.34 bits per heavy atom. The van der Waals surface area contributed by atoms with Crippen molar-refractivity contribution in [3.63, 3.8) is 0 Å². The fourth-order valence-corrected chi connectivity index (χ4v) is 6.60. The van der Waals surface area contributed by atoms with Gasteiger partial charge in [0.2, 0.25) is 11.8 Å². The number of nitrogens with zero attached hydrogens (tertiary/aromatic N) is 1. The second-order valence-corrected chi connectivity index (χ2v) is 14.1. The van der Waals surface area contributed by atoms with Crippen LogP contribution in [0.2, 0.25) is 0 Å². The summed E-state index contributed by atoms with van der Waals surface area (Å²) < 4.78 is 0. The molecule has 6 heteroatoms. The molecule has 0 aliphatic heterocycles. The average Bonchev–Trinajstić information content (AvgIpc) is 3.98. The van der Waals surface area contributed by atoms with Gasteiger partial charge in [-0.25, -0.2) is 0 Å². The van der Waals surface area contributed by atoms with Crippen molar-refractivity contribution in [2.24, 2.45) is 17.4 Å². The SMILES string of the molecule is CCC(C)/C=C\C=C(/C)C(=O)N(Cc1ccc(NC(CCCCCN)=C2CC2)cc1)C1CCCCC1.NC(=O)Cc1cccc2ccccc12. The molecular formula is C44H60N4O2. The molecule has 2 fully saturated rings. The van der Waals surface area contributed by atoms with Crippen molar-refractivity contribution in [2.75, 3.05) is 11.9 Å². The zero-order valence-electron chi connectivity index (χ0n) is 30.8. The molecule has 2 amide bonds. The molecule has 0 radical (unpaired) electrons. The molecule has 3 aromatic carbocycles. The van der Waals surface area contributed by atoms with Crippen molar-refractivity contribution < 1.29 is 9.59 Å². The van der Waals surface area contributed by atoms with Gasteiger partial charge in [0.1, 0.15) is 0 Å². The molecule has 5 N–H and O–H groups in total. The first-order valence-electron chi connectivity index (χ1n) is 19.0. The van der Waals surface area contributed by atoms with Gasteiger partial charge in [-0.15, -0.1) is 0 Å². The molecule has 6 nitrogen and oxygen atoms in total. The molecule has 0 saturated heterocycles. The summed E-state index contributed by atoms with van der Waals surface area (Å²) in [7, 11) is 0. The van der Waals surface area contributed by atoms with Crippen LogP contribution in [0.25, 0.3) is 10.8 Å². The molecule has 2 aliphatic carbocycles. The molecule has 5 rings (SSSR count). The normalized spacial score (nSPS) is 15.4. The first kappa shape index (κ1) is 38.6. The van der Waals surface area contributed by atoms with Gasteiger partial charge in [-0.05, 0) is 98.4 Å². The van der Waals surface area contributed by atoms with Gasteiger partial charge in [0.15, 0.2) is 0 Å². The highest BCUT2D eigenvalue weighted by Gasteiger charge is 2.26. The molecule has 2 saturated carbocycles. The Labute approximate surface area is 301 Å². The summed E-state index contributed by atoms with van der Waals surface area (Å²) in [6, 6.07) is 23.0. The minimum absolute atomic E-state index is 0.177. The van der Waals surface area contributed by atoms with Crippen LogP contribution in [-0.2, 0) is 22.6 Å². The summed E-state index contributed by atoms with van der Waals surface area (Å²) >= 11 is 0. The van der Waals surface area contributed by atoms with Crippen LogP contribution in [0.4, 0.5) is 5.69 Å². The maximum Gasteiger partial charge on any atom is 0.250 e. The summed E-state index contributed by atoms with van der Waals surface area (Å²) in [5, 5.41) is 5.94. The number of nitrogens with two attached hydrogens (primary N) is 2. The number of amides is 2. The maximum atomic E-state index is 13.5. The number of hydrogen-bond donors (Lipinski definition) is 3. The molecule has 3 aromatic rings. The van der Waals surface area contributed by atoms with E-state index in [0.717, 1.165) is 66.2 Å². The zero-order valence-corrected chi connectivity index (χ0v) is 30.8. The predicted octanol–water partition coefficient (Wildman–Crippen LogP) is 9.74. The van der Waals surface area contributed by atoms with Crippen molar-refractivity contribution in [3.05, 3.63) is 113 Å². The summed E-state index contributed by atoms with van der Waals surface area (Å²) in [4.78, 5) is 26.5. The lowest BCUT2D eigenvalue weighted by Gasteiger charge is -2.35. The number of rotatable bonds is 16. The summed E-state index contributed by atoms with van der Waals surface area (Å²) in [6.07, 6.45) is 20.7. The van der Waals surface area contributed by atoms with E-state index in [-0.39, 0.29) is 11.8 Å². The number of primary amides is 1. The van der Waals surface area contributed by atoms with E-state index in [1.807, 2.05) is 55.5 Å². The van der Waals surface area contributed by atoms with Crippen molar-refractivity contribution in [1.82, 2.24) is 4.90 Å². The first-order valence-corrected chi connectivity index (χ1v) is 19.0. The van der Waals surface area contributed by atoms with Gasteiger partial charge in [-0.2, -0.15) is 0 Å². The molecular weight excluding hydrogens is 617 g/mol. The molecule has 0 spiro atoms. The number of carbonyl (C=O) groups is 2. The Balaban J connectivity index is 0.000000332. The number of carbonyl (C=O) groups excluding carboxylic acids is 2. The lowest BCUT2D eigenvalue weighted by molar-refractivity contribution is -0.130. The highest BCUT2D eigenvalue weighted by Crippen LogP contribution is 2.34. The topological polar surface area (TPSA) is 101 Å². The van der Waals surface area contributed by atoms with Crippen LogP contribution >= 0.6 is 0 Å². The quantitative estimate of drug-likeness (QED) is 0.0799. The minimum atomic E-state index is -0.290. The lowest BCUT2D eigenvalue weighted by Crippen LogP contribution is -2.41. The van der Waals surface area contributed by atoms with Crippen LogP contribution in [0.3, 0.4) is 0 Å². The summed E-state index contributed by atoms with van der Waals surface area (Å²) in [5.74, 6) is 0.422. The third-order valence-corrected chi connectivity index (χ3v) is 9.95. The van der Waals surface area contributed by atoms with Gasteiger partial charge >= 0.3 is 0 Å². The number of benzene rings is 3. The van der Waals surface area contributed by atoms with E-state index >= 15 is 0 Å². The largest absolute Gasteiger partial charge is 0.369 e. The fourth-order valence-electron chi connectivity index (χ4n) is 6.60. The van der Waals surface area contributed by atoms with Crippen LogP contribution in [-0.4, -0.2) is 29.3 Å². The van der Waals surface area contributed by atoms with Gasteiger partial charge in [0, 0.05) is 29.5 Å². The maximum absolute atomic E-state index is 13.5.